The van der Waals surface area contributed by atoms with Crippen molar-refractivity contribution in [2.75, 3.05) is 4.90 Å². The van der Waals surface area contributed by atoms with Crippen LogP contribution in [0.3, 0.4) is 0 Å². The van der Waals surface area contributed by atoms with Gasteiger partial charge in [-0.15, -0.1) is 0 Å². The Labute approximate surface area is 182 Å². The van der Waals surface area contributed by atoms with Crippen molar-refractivity contribution in [2.24, 2.45) is 11.6 Å². The molecule has 0 aromatic heterocycles. The lowest BCUT2D eigenvalue weighted by atomic mass is 10.0. The number of primary amides is 1. The zero-order valence-corrected chi connectivity index (χ0v) is 17.6. The molecule has 1 aliphatic heterocycles. The number of fused-ring (bicyclic) bond motifs is 1. The van der Waals surface area contributed by atoms with E-state index in [9.17, 15) is 27.6 Å². The van der Waals surface area contributed by atoms with Gasteiger partial charge >= 0.3 is 6.18 Å². The molecule has 32 heavy (non-hydrogen) atoms. The van der Waals surface area contributed by atoms with Crippen molar-refractivity contribution < 1.29 is 27.6 Å². The first-order valence-corrected chi connectivity index (χ1v) is 9.52. The van der Waals surface area contributed by atoms with E-state index in [1.54, 1.807) is 26.0 Å². The Morgan fingerprint density at radius 3 is 2.19 bits per heavy atom. The van der Waals surface area contributed by atoms with Gasteiger partial charge in [0.15, 0.2) is 0 Å². The van der Waals surface area contributed by atoms with E-state index in [4.69, 9.17) is 11.6 Å². The number of carbonyl (C=O) groups is 3. The molecule has 0 atom stereocenters. The number of anilines is 2. The molecule has 0 radical (unpaired) electrons. The largest absolute Gasteiger partial charge is 0.416 e. The fraction of sp³-hybridized carbons (Fsp3) is 0.227. The van der Waals surface area contributed by atoms with Crippen LogP contribution in [0.25, 0.3) is 5.57 Å². The fourth-order valence-corrected chi connectivity index (χ4v) is 3.67. The van der Waals surface area contributed by atoms with Gasteiger partial charge < -0.3 is 5.73 Å². The third-order valence-corrected chi connectivity index (χ3v) is 5.03. The van der Waals surface area contributed by atoms with Crippen molar-refractivity contribution in [3.8, 4) is 0 Å². The molecule has 7 nitrogen and oxygen atoms in total. The van der Waals surface area contributed by atoms with Gasteiger partial charge in [-0.25, -0.2) is 5.84 Å². The number of hydrogen-bond acceptors (Lipinski definition) is 4. The van der Waals surface area contributed by atoms with Gasteiger partial charge in [0.25, 0.3) is 5.91 Å². The Kier molecular flexibility index (Phi) is 5.84. The summed E-state index contributed by atoms with van der Waals surface area (Å²) in [7, 11) is 0. The van der Waals surface area contributed by atoms with Crippen molar-refractivity contribution in [1.29, 1.82) is 0 Å². The van der Waals surface area contributed by atoms with Crippen molar-refractivity contribution >= 4 is 34.7 Å². The number of hydrazine groups is 1. The van der Waals surface area contributed by atoms with Gasteiger partial charge in [-0.3, -0.25) is 24.3 Å². The average molecular weight is 446 g/mol. The van der Waals surface area contributed by atoms with E-state index in [0.29, 0.717) is 10.7 Å². The number of allylic oxidation sites excluding steroid dienone is 1. The first-order valence-electron chi connectivity index (χ1n) is 9.52. The van der Waals surface area contributed by atoms with Crippen LogP contribution in [-0.2, 0) is 20.6 Å². The van der Waals surface area contributed by atoms with Crippen LogP contribution in [0.1, 0.15) is 35.6 Å². The van der Waals surface area contributed by atoms with Gasteiger partial charge in [-0.05, 0) is 56.2 Å². The molecule has 168 valence electrons. The zero-order valence-electron chi connectivity index (χ0n) is 17.6. The second kappa shape index (κ2) is 8.12. The first kappa shape index (κ1) is 23.0. The molecule has 0 bridgehead atoms. The molecule has 4 N–H and O–H groups in total. The maximum atomic E-state index is 13.4. The summed E-state index contributed by atoms with van der Waals surface area (Å²) >= 11 is 0. The molecule has 3 rings (SSSR count). The van der Waals surface area contributed by atoms with E-state index in [1.807, 2.05) is 6.07 Å². The Bertz CT molecular complexity index is 1150. The lowest BCUT2D eigenvalue weighted by molar-refractivity contribution is -0.137. The topological polar surface area (TPSA) is 110 Å². The highest BCUT2D eigenvalue weighted by atomic mass is 19.4. The number of alkyl halides is 3. The highest BCUT2D eigenvalue weighted by Crippen LogP contribution is 2.45. The van der Waals surface area contributed by atoms with Gasteiger partial charge in [0.05, 0.1) is 16.8 Å². The first-order chi connectivity index (χ1) is 14.8. The summed E-state index contributed by atoms with van der Waals surface area (Å²) in [6.45, 7) is 4.98. The molecular formula is C22H21F3N4O3. The smallest absolute Gasteiger partial charge is 0.369 e. The minimum absolute atomic E-state index is 0.0138. The van der Waals surface area contributed by atoms with Crippen LogP contribution < -0.4 is 16.5 Å². The van der Waals surface area contributed by atoms with E-state index in [2.05, 4.69) is 0 Å². The molecule has 0 unspecified atom stereocenters. The second-order valence-corrected chi connectivity index (χ2v) is 7.58. The number of hydrogen-bond donors (Lipinski definition) is 2. The monoisotopic (exact) mass is 446 g/mol. The number of halogens is 3. The molecule has 3 amide bonds. The molecule has 10 heteroatoms. The van der Waals surface area contributed by atoms with Crippen molar-refractivity contribution in [3.05, 3.63) is 64.3 Å². The number of nitrogens with zero attached hydrogens (tertiary/aromatic N) is 2. The number of aryl methyl sites for hydroxylation is 2. The van der Waals surface area contributed by atoms with E-state index >= 15 is 0 Å². The zero-order chi connectivity index (χ0) is 24.0. The predicted octanol–water partition coefficient (Wildman–Crippen LogP) is 3.31. The van der Waals surface area contributed by atoms with Gasteiger partial charge in [0, 0.05) is 16.9 Å². The number of carbonyl (C=O) groups excluding carboxylic acids is 3. The molecule has 2 aromatic rings. The van der Waals surface area contributed by atoms with Crippen LogP contribution in [0.5, 0.6) is 0 Å². The summed E-state index contributed by atoms with van der Waals surface area (Å²) < 4.78 is 40.2. The normalized spacial score (nSPS) is 15.0. The third kappa shape index (κ3) is 4.22. The van der Waals surface area contributed by atoms with Gasteiger partial charge in [0.2, 0.25) is 11.8 Å². The summed E-state index contributed by atoms with van der Waals surface area (Å²) in [4.78, 5) is 37.9. The van der Waals surface area contributed by atoms with Crippen molar-refractivity contribution in [3.63, 3.8) is 0 Å². The van der Waals surface area contributed by atoms with Gasteiger partial charge in [-0.2, -0.15) is 13.2 Å². The summed E-state index contributed by atoms with van der Waals surface area (Å²) in [5.41, 5.74) is 6.24. The van der Waals surface area contributed by atoms with Crippen LogP contribution in [0.4, 0.5) is 24.5 Å². The predicted molar refractivity (Wildman–Crippen MR) is 112 cm³/mol. The summed E-state index contributed by atoms with van der Waals surface area (Å²) in [6, 6.07) is 8.12. The van der Waals surface area contributed by atoms with E-state index in [0.717, 1.165) is 28.2 Å². The summed E-state index contributed by atoms with van der Waals surface area (Å²) in [5.74, 6) is 3.40. The highest BCUT2D eigenvalue weighted by molar-refractivity contribution is 6.35. The molecule has 2 aromatic carbocycles. The van der Waals surface area contributed by atoms with Gasteiger partial charge in [0.1, 0.15) is 6.42 Å². The van der Waals surface area contributed by atoms with Crippen LogP contribution in [0, 0.1) is 13.8 Å². The van der Waals surface area contributed by atoms with Crippen LogP contribution in [0.2, 0.25) is 0 Å². The van der Waals surface area contributed by atoms with Crippen LogP contribution in [-0.4, -0.2) is 22.7 Å². The molecule has 0 saturated heterocycles. The van der Waals surface area contributed by atoms with E-state index in [1.165, 1.54) is 13.0 Å². The quantitative estimate of drug-likeness (QED) is 0.247. The highest BCUT2D eigenvalue weighted by Gasteiger charge is 2.39. The standard InChI is InChI=1S/C22H21F3N4O3/c1-11-6-12(2)8-15(7-11)28-17-9-14(22(23,24)25)4-5-16(17)20(21(28)32)13(3)29(27)19(31)10-18(26)30/h4-9H,10,27H2,1-3H3,(H2,26,30)/b20-13-. The number of amides is 3. The van der Waals surface area contributed by atoms with Crippen LogP contribution in [0.15, 0.2) is 42.1 Å². The molecule has 0 spiro atoms. The Morgan fingerprint density at radius 2 is 1.66 bits per heavy atom. The lowest BCUT2D eigenvalue weighted by Crippen LogP contribution is -2.39. The Balaban J connectivity index is 2.24. The molecule has 0 saturated carbocycles. The Hall–Kier alpha value is -3.66. The van der Waals surface area contributed by atoms with E-state index < -0.39 is 35.9 Å². The summed E-state index contributed by atoms with van der Waals surface area (Å²) in [5, 5.41) is 0.616. The minimum Gasteiger partial charge on any atom is -0.369 e. The lowest BCUT2D eigenvalue weighted by Gasteiger charge is -2.20. The Morgan fingerprint density at radius 1 is 1.06 bits per heavy atom. The van der Waals surface area contributed by atoms with Crippen LogP contribution >= 0.6 is 0 Å². The average Bonchev–Trinajstić information content (AvgIpc) is 2.95. The SMILES string of the molecule is C/C(=C1/C(=O)N(c2cc(C)cc(C)c2)c2cc(C(F)(F)F)ccc21)N(N)C(=O)CC(N)=O. The molecule has 1 aliphatic rings. The summed E-state index contributed by atoms with van der Waals surface area (Å²) in [6.07, 6.45) is -5.30. The van der Waals surface area contributed by atoms with Crippen molar-refractivity contribution in [2.45, 2.75) is 33.4 Å². The van der Waals surface area contributed by atoms with Crippen molar-refractivity contribution in [1.82, 2.24) is 5.01 Å². The minimum atomic E-state index is -4.62. The van der Waals surface area contributed by atoms with E-state index in [-0.39, 0.29) is 22.5 Å². The molecule has 0 aliphatic carbocycles. The number of benzene rings is 2. The second-order valence-electron chi connectivity index (χ2n) is 7.58. The molecule has 1 heterocycles. The number of rotatable bonds is 4. The maximum Gasteiger partial charge on any atom is 0.416 e. The number of nitrogens with two attached hydrogens (primary N) is 2. The third-order valence-electron chi connectivity index (χ3n) is 5.03. The molecular weight excluding hydrogens is 425 g/mol. The maximum absolute atomic E-state index is 13.4. The fourth-order valence-electron chi connectivity index (χ4n) is 3.67. The van der Waals surface area contributed by atoms with Gasteiger partial charge in [-0.1, -0.05) is 12.1 Å². The molecule has 0 fully saturated rings.